The fraction of sp³-hybridized carbons (Fsp3) is 0.529. The van der Waals surface area contributed by atoms with Gasteiger partial charge in [0.05, 0.1) is 5.75 Å². The second-order valence-electron chi connectivity index (χ2n) is 6.22. The molecule has 1 aromatic carbocycles. The number of aryl methyl sites for hydroxylation is 1. The summed E-state index contributed by atoms with van der Waals surface area (Å²) < 4.78 is 5.19. The van der Waals surface area contributed by atoms with Crippen LogP contribution >= 0.6 is 23.4 Å². The summed E-state index contributed by atoms with van der Waals surface area (Å²) in [7, 11) is 2.21. The lowest BCUT2D eigenvalue weighted by Crippen LogP contribution is -2.38. The summed E-state index contributed by atoms with van der Waals surface area (Å²) >= 11 is 7.91. The van der Waals surface area contributed by atoms with Gasteiger partial charge in [-0.1, -0.05) is 28.9 Å². The van der Waals surface area contributed by atoms with E-state index < -0.39 is 0 Å². The number of hydrogen-bond donors (Lipinski definition) is 0. The lowest BCUT2D eigenvalue weighted by molar-refractivity contribution is 0.198. The summed E-state index contributed by atoms with van der Waals surface area (Å²) in [5.41, 5.74) is 1.40. The van der Waals surface area contributed by atoms with Crippen molar-refractivity contribution < 1.29 is 4.52 Å². The van der Waals surface area contributed by atoms with Crippen molar-refractivity contribution in [1.82, 2.24) is 15.0 Å². The van der Waals surface area contributed by atoms with E-state index in [0.717, 1.165) is 35.5 Å². The smallest absolute Gasteiger partial charge is 0.236 e. The van der Waals surface area contributed by atoms with Crippen LogP contribution in [0, 0.1) is 12.8 Å². The van der Waals surface area contributed by atoms with Crippen molar-refractivity contribution >= 4 is 23.4 Å². The van der Waals surface area contributed by atoms with Gasteiger partial charge in [-0.05, 0) is 62.2 Å². The van der Waals surface area contributed by atoms with E-state index in [1.807, 2.05) is 30.8 Å². The summed E-state index contributed by atoms with van der Waals surface area (Å²) in [6.07, 6.45) is 1.20. The highest BCUT2D eigenvalue weighted by Crippen LogP contribution is 2.35. The van der Waals surface area contributed by atoms with Gasteiger partial charge in [-0.25, -0.2) is 0 Å². The molecule has 0 bridgehead atoms. The number of likely N-dealkylation sites (tertiary alicyclic amines) is 1. The van der Waals surface area contributed by atoms with E-state index in [9.17, 15) is 0 Å². The summed E-state index contributed by atoms with van der Waals surface area (Å²) in [4.78, 5) is 6.70. The van der Waals surface area contributed by atoms with Crippen molar-refractivity contribution in [2.24, 2.45) is 5.92 Å². The standard InChI is InChI=1S/C17H22ClN3OS/c1-12-19-17(22-20-12)11-23-10-14-9-21(2)8-7-16(14)13-3-5-15(18)6-4-13/h3-6,14,16H,7-11H2,1-2H3/t14-,16-/m1/s1. The largest absolute Gasteiger partial charge is 0.338 e. The summed E-state index contributed by atoms with van der Waals surface area (Å²) in [6.45, 7) is 4.13. The summed E-state index contributed by atoms with van der Waals surface area (Å²) in [6, 6.07) is 8.36. The maximum absolute atomic E-state index is 6.03. The molecule has 4 nitrogen and oxygen atoms in total. The zero-order valence-electron chi connectivity index (χ0n) is 13.5. The maximum atomic E-state index is 6.03. The lowest BCUT2D eigenvalue weighted by atomic mass is 9.81. The number of benzene rings is 1. The molecule has 0 unspecified atom stereocenters. The van der Waals surface area contributed by atoms with Crippen molar-refractivity contribution in [3.63, 3.8) is 0 Å². The highest BCUT2D eigenvalue weighted by Gasteiger charge is 2.28. The molecular formula is C17H22ClN3OS. The van der Waals surface area contributed by atoms with Crippen LogP contribution in [0.25, 0.3) is 0 Å². The fourth-order valence-corrected chi connectivity index (χ4v) is 4.40. The van der Waals surface area contributed by atoms with E-state index in [-0.39, 0.29) is 0 Å². The Morgan fingerprint density at radius 1 is 1.35 bits per heavy atom. The van der Waals surface area contributed by atoms with Gasteiger partial charge in [0.25, 0.3) is 0 Å². The first-order chi connectivity index (χ1) is 11.1. The zero-order chi connectivity index (χ0) is 16.2. The van der Waals surface area contributed by atoms with E-state index >= 15 is 0 Å². The average Bonchev–Trinajstić information content (AvgIpc) is 2.94. The normalized spacial score (nSPS) is 22.4. The van der Waals surface area contributed by atoms with Gasteiger partial charge in [0.2, 0.25) is 5.89 Å². The van der Waals surface area contributed by atoms with E-state index in [4.69, 9.17) is 16.1 Å². The molecule has 23 heavy (non-hydrogen) atoms. The molecule has 1 aromatic heterocycles. The Balaban J connectivity index is 1.62. The molecule has 0 amide bonds. The molecule has 3 rings (SSSR count). The van der Waals surface area contributed by atoms with Crippen molar-refractivity contribution in [2.45, 2.75) is 25.0 Å². The monoisotopic (exact) mass is 351 g/mol. The molecule has 2 heterocycles. The van der Waals surface area contributed by atoms with Gasteiger partial charge in [-0.15, -0.1) is 0 Å². The average molecular weight is 352 g/mol. The first-order valence-corrected chi connectivity index (χ1v) is 9.46. The highest BCUT2D eigenvalue weighted by molar-refractivity contribution is 7.98. The van der Waals surface area contributed by atoms with Crippen LogP contribution in [0.4, 0.5) is 0 Å². The Kier molecular flexibility index (Phi) is 5.62. The molecular weight excluding hydrogens is 330 g/mol. The topological polar surface area (TPSA) is 42.2 Å². The van der Waals surface area contributed by atoms with Crippen molar-refractivity contribution in [1.29, 1.82) is 0 Å². The van der Waals surface area contributed by atoms with Crippen molar-refractivity contribution in [2.75, 3.05) is 25.9 Å². The Hall–Kier alpha value is -1.04. The number of rotatable bonds is 5. The summed E-state index contributed by atoms with van der Waals surface area (Å²) in [5, 5.41) is 4.65. The zero-order valence-corrected chi connectivity index (χ0v) is 15.1. The molecule has 124 valence electrons. The molecule has 1 aliphatic heterocycles. The quantitative estimate of drug-likeness (QED) is 0.814. The van der Waals surface area contributed by atoms with E-state index in [1.54, 1.807) is 0 Å². The van der Waals surface area contributed by atoms with Crippen LogP contribution in [-0.4, -0.2) is 40.9 Å². The molecule has 0 spiro atoms. The van der Waals surface area contributed by atoms with Gasteiger partial charge in [0.15, 0.2) is 5.82 Å². The van der Waals surface area contributed by atoms with E-state index in [2.05, 4.69) is 34.2 Å². The second-order valence-corrected chi connectivity index (χ2v) is 7.69. The highest BCUT2D eigenvalue weighted by atomic mass is 35.5. The molecule has 2 aromatic rings. The van der Waals surface area contributed by atoms with Gasteiger partial charge < -0.3 is 9.42 Å². The molecule has 1 aliphatic rings. The number of nitrogens with zero attached hydrogens (tertiary/aromatic N) is 3. The predicted molar refractivity (Wildman–Crippen MR) is 95.0 cm³/mol. The molecule has 2 atom stereocenters. The second kappa shape index (κ2) is 7.69. The molecule has 0 radical (unpaired) electrons. The number of piperidine rings is 1. The van der Waals surface area contributed by atoms with Gasteiger partial charge in [-0.3, -0.25) is 0 Å². The number of thioether (sulfide) groups is 1. The molecule has 0 saturated carbocycles. The van der Waals surface area contributed by atoms with Crippen molar-refractivity contribution in [3.8, 4) is 0 Å². The lowest BCUT2D eigenvalue weighted by Gasteiger charge is -2.37. The molecule has 0 aliphatic carbocycles. The van der Waals surface area contributed by atoms with Gasteiger partial charge in [0, 0.05) is 11.6 Å². The molecule has 1 fully saturated rings. The maximum Gasteiger partial charge on any atom is 0.236 e. The molecule has 0 N–H and O–H groups in total. The van der Waals surface area contributed by atoms with Crippen LogP contribution in [0.3, 0.4) is 0 Å². The number of aromatic nitrogens is 2. The van der Waals surface area contributed by atoms with Crippen LogP contribution in [0.1, 0.15) is 29.6 Å². The number of halogens is 1. The minimum atomic E-state index is 0.598. The van der Waals surface area contributed by atoms with E-state index in [1.165, 1.54) is 12.0 Å². The third-order valence-electron chi connectivity index (χ3n) is 4.36. The molecule has 6 heteroatoms. The minimum Gasteiger partial charge on any atom is -0.338 e. The van der Waals surface area contributed by atoms with Crippen LogP contribution < -0.4 is 0 Å². The van der Waals surface area contributed by atoms with Gasteiger partial charge in [0.1, 0.15) is 0 Å². The fourth-order valence-electron chi connectivity index (χ4n) is 3.23. The Bertz CT molecular complexity index is 631. The van der Waals surface area contributed by atoms with Crippen LogP contribution in [-0.2, 0) is 5.75 Å². The van der Waals surface area contributed by atoms with E-state index in [0.29, 0.717) is 17.7 Å². The number of hydrogen-bond acceptors (Lipinski definition) is 5. The van der Waals surface area contributed by atoms with Crippen LogP contribution in [0.5, 0.6) is 0 Å². The Morgan fingerprint density at radius 3 is 2.83 bits per heavy atom. The third-order valence-corrected chi connectivity index (χ3v) is 5.73. The minimum absolute atomic E-state index is 0.598. The molecule has 1 saturated heterocycles. The predicted octanol–water partition coefficient (Wildman–Crippen LogP) is 4.00. The van der Waals surface area contributed by atoms with Crippen molar-refractivity contribution in [3.05, 3.63) is 46.6 Å². The summed E-state index contributed by atoms with van der Waals surface area (Å²) in [5.74, 6) is 4.54. The van der Waals surface area contributed by atoms with Crippen LogP contribution in [0.2, 0.25) is 5.02 Å². The SMILES string of the molecule is Cc1noc(CSC[C@H]2CN(C)CC[C@@H]2c2ccc(Cl)cc2)n1. The van der Waals surface area contributed by atoms with Crippen LogP contribution in [0.15, 0.2) is 28.8 Å². The van der Waals surface area contributed by atoms with Gasteiger partial charge >= 0.3 is 0 Å². The Morgan fingerprint density at radius 2 is 2.13 bits per heavy atom. The Labute approximate surface area is 146 Å². The third kappa shape index (κ3) is 4.49. The first kappa shape index (κ1) is 16.8. The van der Waals surface area contributed by atoms with Gasteiger partial charge in [-0.2, -0.15) is 16.7 Å². The first-order valence-electron chi connectivity index (χ1n) is 7.93.